The molecule has 0 aliphatic carbocycles. The average molecular weight is 601 g/mol. The molecule has 0 spiro atoms. The molecule has 0 rings (SSSR count). The van der Waals surface area contributed by atoms with Gasteiger partial charge in [-0.1, -0.05) is 51.4 Å². The molecule has 0 unspecified atom stereocenters. The second-order valence-electron chi connectivity index (χ2n) is 10.00. The lowest BCUT2D eigenvalue weighted by Gasteiger charge is -2.13. The molecule has 241 valence electrons. The van der Waals surface area contributed by atoms with Gasteiger partial charge in [0.2, 0.25) is 17.7 Å². The largest absolute Gasteiger partial charge is 0.481 e. The minimum atomic E-state index is -1.25. The van der Waals surface area contributed by atoms with Crippen molar-refractivity contribution in [1.29, 1.82) is 0 Å². The number of carbonyl (C=O) groups excluding carboxylic acids is 4. The molecule has 0 saturated heterocycles. The molecule has 0 aromatic rings. The highest BCUT2D eigenvalue weighted by Gasteiger charge is 2.19. The van der Waals surface area contributed by atoms with E-state index in [1.54, 1.807) is 6.29 Å². The number of amides is 3. The molecule has 0 aliphatic rings. The van der Waals surface area contributed by atoms with Gasteiger partial charge < -0.3 is 35.6 Å². The lowest BCUT2D eigenvalue weighted by molar-refractivity contribution is -0.142. The molecule has 0 saturated carbocycles. The average Bonchev–Trinajstić information content (AvgIpc) is 2.95. The fraction of sp³-hybridized carbons (Fsp3) is 0.793. The Kier molecular flexibility index (Phi) is 26.0. The summed E-state index contributed by atoms with van der Waals surface area (Å²) in [4.78, 5) is 67.2. The van der Waals surface area contributed by atoms with E-state index in [2.05, 4.69) is 16.0 Å². The molecule has 0 aromatic carbocycles. The van der Waals surface area contributed by atoms with Crippen molar-refractivity contribution in [2.45, 2.75) is 109 Å². The van der Waals surface area contributed by atoms with E-state index in [9.17, 15) is 28.8 Å². The van der Waals surface area contributed by atoms with E-state index < -0.39 is 23.9 Å². The molecule has 5 N–H and O–H groups in total. The fourth-order valence-corrected chi connectivity index (χ4v) is 3.95. The van der Waals surface area contributed by atoms with Crippen LogP contribution in [-0.2, 0) is 38.2 Å². The van der Waals surface area contributed by atoms with Gasteiger partial charge in [-0.15, -0.1) is 0 Å². The Morgan fingerprint density at radius 3 is 1.52 bits per heavy atom. The number of ether oxygens (including phenoxy) is 2. The van der Waals surface area contributed by atoms with E-state index in [0.717, 1.165) is 44.9 Å². The first-order valence-corrected chi connectivity index (χ1v) is 15.0. The normalized spacial score (nSPS) is 11.4. The number of hydrogen-bond acceptors (Lipinski definition) is 8. The maximum Gasteiger partial charge on any atom is 0.326 e. The summed E-state index contributed by atoms with van der Waals surface area (Å²) >= 11 is 0. The number of nitrogens with one attached hydrogen (secondary N) is 3. The fourth-order valence-electron chi connectivity index (χ4n) is 3.95. The van der Waals surface area contributed by atoms with Crippen molar-refractivity contribution in [2.75, 3.05) is 39.5 Å². The third-order valence-corrected chi connectivity index (χ3v) is 6.30. The van der Waals surface area contributed by atoms with Gasteiger partial charge in [0.25, 0.3) is 0 Å². The zero-order valence-corrected chi connectivity index (χ0v) is 24.8. The highest BCUT2D eigenvalue weighted by atomic mass is 16.5. The Morgan fingerprint density at radius 1 is 0.595 bits per heavy atom. The minimum absolute atomic E-state index is 0.0164. The van der Waals surface area contributed by atoms with Crippen LogP contribution in [0.25, 0.3) is 0 Å². The van der Waals surface area contributed by atoms with Crippen molar-refractivity contribution in [3.05, 3.63) is 0 Å². The van der Waals surface area contributed by atoms with Crippen LogP contribution in [0.2, 0.25) is 0 Å². The SMILES string of the molecule is O=[C]CC[C@H](NC(=O)CCC(=O)NCCOCCOCCNC(=O)CCCCCCCCCCCCC(=O)O)C(=O)O. The third kappa shape index (κ3) is 27.1. The minimum Gasteiger partial charge on any atom is -0.481 e. The van der Waals surface area contributed by atoms with E-state index in [4.69, 9.17) is 19.7 Å². The number of unbranched alkanes of at least 4 members (excludes halogenated alkanes) is 9. The molecule has 13 heteroatoms. The molecule has 3 amide bonds. The summed E-state index contributed by atoms with van der Waals surface area (Å²) in [7, 11) is 0. The van der Waals surface area contributed by atoms with Crippen LogP contribution in [-0.4, -0.2) is 91.7 Å². The van der Waals surface area contributed by atoms with Gasteiger partial charge in [0.05, 0.1) is 26.4 Å². The number of carbonyl (C=O) groups is 5. The van der Waals surface area contributed by atoms with Gasteiger partial charge in [-0.05, 0) is 19.3 Å². The summed E-state index contributed by atoms with van der Waals surface area (Å²) in [6, 6.07) is -1.19. The third-order valence-electron chi connectivity index (χ3n) is 6.30. The van der Waals surface area contributed by atoms with Crippen LogP contribution in [0, 0.1) is 0 Å². The predicted molar refractivity (Wildman–Crippen MR) is 154 cm³/mol. The quantitative estimate of drug-likeness (QED) is 0.0762. The molecule has 0 bridgehead atoms. The summed E-state index contributed by atoms with van der Waals surface area (Å²) in [5, 5.41) is 25.3. The predicted octanol–water partition coefficient (Wildman–Crippen LogP) is 2.26. The number of aliphatic carboxylic acids is 2. The monoisotopic (exact) mass is 600 g/mol. The van der Waals surface area contributed by atoms with E-state index in [1.807, 2.05) is 0 Å². The first-order chi connectivity index (χ1) is 20.3. The molecule has 13 nitrogen and oxygen atoms in total. The Bertz CT molecular complexity index is 779. The number of hydrogen-bond donors (Lipinski definition) is 5. The zero-order valence-electron chi connectivity index (χ0n) is 24.8. The molecule has 1 atom stereocenters. The first-order valence-electron chi connectivity index (χ1n) is 15.0. The van der Waals surface area contributed by atoms with Crippen LogP contribution in [0.3, 0.4) is 0 Å². The van der Waals surface area contributed by atoms with Crippen molar-refractivity contribution in [2.24, 2.45) is 0 Å². The van der Waals surface area contributed by atoms with Crippen molar-refractivity contribution < 1.29 is 48.5 Å². The zero-order chi connectivity index (χ0) is 31.3. The summed E-state index contributed by atoms with van der Waals surface area (Å²) in [5.74, 6) is -2.91. The smallest absolute Gasteiger partial charge is 0.326 e. The molecule has 0 aliphatic heterocycles. The second kappa shape index (κ2) is 28.1. The highest BCUT2D eigenvalue weighted by Crippen LogP contribution is 2.12. The molecule has 1 radical (unpaired) electrons. The highest BCUT2D eigenvalue weighted by molar-refractivity contribution is 5.87. The molecular weight excluding hydrogens is 550 g/mol. The van der Waals surface area contributed by atoms with Gasteiger partial charge >= 0.3 is 11.9 Å². The summed E-state index contributed by atoms with van der Waals surface area (Å²) in [6.45, 7) is 1.98. The Morgan fingerprint density at radius 2 is 1.05 bits per heavy atom. The summed E-state index contributed by atoms with van der Waals surface area (Å²) in [5.41, 5.74) is 0. The van der Waals surface area contributed by atoms with Gasteiger partial charge in [0.1, 0.15) is 6.04 Å². The lowest BCUT2D eigenvalue weighted by atomic mass is 10.1. The number of carboxylic acids is 2. The lowest BCUT2D eigenvalue weighted by Crippen LogP contribution is -2.41. The van der Waals surface area contributed by atoms with Gasteiger partial charge in [0, 0.05) is 45.2 Å². The van der Waals surface area contributed by atoms with E-state index in [1.165, 1.54) is 19.3 Å². The molecule has 0 fully saturated rings. The van der Waals surface area contributed by atoms with Gasteiger partial charge in [-0.3, -0.25) is 24.0 Å². The maximum absolute atomic E-state index is 11.9. The van der Waals surface area contributed by atoms with Crippen LogP contribution in [0.4, 0.5) is 0 Å². The van der Waals surface area contributed by atoms with Crippen LogP contribution in [0.1, 0.15) is 103 Å². The van der Waals surface area contributed by atoms with E-state index in [0.29, 0.717) is 32.8 Å². The van der Waals surface area contributed by atoms with E-state index in [-0.39, 0.29) is 57.1 Å². The van der Waals surface area contributed by atoms with Crippen LogP contribution in [0.15, 0.2) is 0 Å². The van der Waals surface area contributed by atoms with E-state index >= 15 is 0 Å². The van der Waals surface area contributed by atoms with Crippen molar-refractivity contribution in [3.8, 4) is 0 Å². The van der Waals surface area contributed by atoms with Crippen molar-refractivity contribution in [3.63, 3.8) is 0 Å². The van der Waals surface area contributed by atoms with Crippen molar-refractivity contribution >= 4 is 35.9 Å². The van der Waals surface area contributed by atoms with Gasteiger partial charge in [-0.2, -0.15) is 0 Å². The number of carboxylic acid groups (broad SMARTS) is 2. The van der Waals surface area contributed by atoms with Gasteiger partial charge in [0.15, 0.2) is 6.29 Å². The molecule has 0 heterocycles. The summed E-state index contributed by atoms with van der Waals surface area (Å²) in [6.07, 6.45) is 12.5. The van der Waals surface area contributed by atoms with Crippen molar-refractivity contribution in [1.82, 2.24) is 16.0 Å². The molecule has 42 heavy (non-hydrogen) atoms. The van der Waals surface area contributed by atoms with Crippen LogP contribution in [0.5, 0.6) is 0 Å². The Labute approximate surface area is 248 Å². The Hall–Kier alpha value is -3.06. The Balaban J connectivity index is 3.47. The standard InChI is InChI=1S/C29H50N3O10/c33-19-11-12-24(29(39)40)32-27(36)16-15-26(35)31-18-21-42-23-22-41-20-17-30-25(34)13-9-7-5-3-1-2-4-6-8-10-14-28(37)38/h24H,1-18,20-23H2,(H,30,34)(H,31,35)(H,32,36)(H,37,38)(H,39,40)/t24-/m0/s1. The molecular formula is C29H50N3O10. The van der Waals surface area contributed by atoms with Gasteiger partial charge in [-0.25, -0.2) is 4.79 Å². The molecule has 0 aromatic heterocycles. The first kappa shape index (κ1) is 38.9. The second-order valence-corrected chi connectivity index (χ2v) is 10.00. The summed E-state index contributed by atoms with van der Waals surface area (Å²) < 4.78 is 10.8. The topological polar surface area (TPSA) is 197 Å². The van der Waals surface area contributed by atoms with Crippen LogP contribution >= 0.6 is 0 Å². The maximum atomic E-state index is 11.9. The number of rotatable bonds is 30. The van der Waals surface area contributed by atoms with Crippen LogP contribution < -0.4 is 16.0 Å².